The van der Waals surface area contributed by atoms with Crippen LogP contribution in [-0.4, -0.2) is 83.0 Å². The third kappa shape index (κ3) is 19.9. The predicted octanol–water partition coefficient (Wildman–Crippen LogP) is 36.2. The van der Waals surface area contributed by atoms with E-state index in [-0.39, 0.29) is 68.4 Å². The fourth-order valence-corrected chi connectivity index (χ4v) is 20.6. The molecule has 0 atom stereocenters. The topological polar surface area (TPSA) is 152 Å². The molecular formula is C130H140B4Cl2N2O12. The number of pyridine rings is 2. The number of rotatable bonds is 6. The van der Waals surface area contributed by atoms with Gasteiger partial charge in [0.1, 0.15) is 44.2 Å². The second-order valence-electron chi connectivity index (χ2n) is 45.1. The molecule has 0 spiro atoms. The molecule has 16 aromatic carbocycles. The largest absolute Gasteiger partial charge is 0.498 e. The lowest BCUT2D eigenvalue weighted by Gasteiger charge is -2.32. The summed E-state index contributed by atoms with van der Waals surface area (Å²) in [6, 6.07) is 95.9. The van der Waals surface area contributed by atoms with Crippen molar-refractivity contribution in [2.75, 3.05) is 0 Å². The van der Waals surface area contributed by atoms with Gasteiger partial charge in [-0.15, -0.1) is 0 Å². The third-order valence-electron chi connectivity index (χ3n) is 30.5. The van der Waals surface area contributed by atoms with Crippen LogP contribution in [0.15, 0.2) is 309 Å². The summed E-state index contributed by atoms with van der Waals surface area (Å²) in [6.07, 6.45) is -0.415. The molecule has 22 aromatic rings. The lowest BCUT2D eigenvalue weighted by atomic mass is 9.49. The Kier molecular flexibility index (Phi) is 26.8. The highest BCUT2D eigenvalue weighted by Crippen LogP contribution is 2.50. The van der Waals surface area contributed by atoms with E-state index in [9.17, 15) is 0 Å². The number of nitrogens with zero attached hydrogens (tertiary/aromatic N) is 2. The third-order valence-corrected chi connectivity index (χ3v) is 31.0. The number of para-hydroxylation sites is 4. The molecule has 0 N–H and O–H groups in total. The number of hydrogen-bond donors (Lipinski definition) is 0. The van der Waals surface area contributed by atoms with Crippen LogP contribution in [-0.2, 0) is 50.0 Å². The maximum atomic E-state index is 8.85. The number of aromatic nitrogens is 2. The van der Waals surface area contributed by atoms with Gasteiger partial charge in [0.15, 0.2) is 5.58 Å². The average Bonchev–Trinajstić information content (AvgIpc) is 1.58. The van der Waals surface area contributed by atoms with Crippen LogP contribution >= 0.6 is 23.2 Å². The van der Waals surface area contributed by atoms with Crippen LogP contribution in [0.5, 0.6) is 0 Å². The summed E-state index contributed by atoms with van der Waals surface area (Å²) in [5.74, 6) is 0. The molecule has 26 rings (SSSR count). The summed E-state index contributed by atoms with van der Waals surface area (Å²) in [4.78, 5) is 8.45. The first kappa shape index (κ1) is 99.6. The van der Waals surface area contributed by atoms with Crippen LogP contribution in [0.1, 0.15) is 214 Å². The van der Waals surface area contributed by atoms with Crippen LogP contribution in [0.3, 0.4) is 0 Å². The van der Waals surface area contributed by atoms with Crippen molar-refractivity contribution >= 4 is 236 Å². The summed E-state index contributed by atoms with van der Waals surface area (Å²) in [5.41, 5.74) is 7.37. The molecule has 0 radical (unpaired) electrons. The maximum Gasteiger partial charge on any atom is 0.498 e. The molecule has 10 heterocycles. The van der Waals surface area contributed by atoms with E-state index in [2.05, 4.69) is 279 Å². The zero-order valence-electron chi connectivity index (χ0n) is 94.1. The minimum Gasteiger partial charge on any atom is -0.456 e. The van der Waals surface area contributed by atoms with Crippen molar-refractivity contribution in [2.45, 2.75) is 253 Å². The first-order valence-corrected chi connectivity index (χ1v) is 51.0. The number of hydrogen-bond acceptors (Lipinski definition) is 14. The zero-order valence-corrected chi connectivity index (χ0v) is 88.6. The van der Waals surface area contributed by atoms with E-state index in [0.717, 1.165) is 122 Å². The number of aryl methyl sites for hydroxylation is 2. The SMILES string of the molecule is C.C.C.C.CC1(C)OB(B2OC(C)(C)C(C)(C)O2)OC1(C)C.CC1(C)OB(c2cccc3c2oc2ccc4ccc5ccccc5c4c23)OC1(C)C.CC1(C)OB(c2cccc3c2oc2ccc4ccc5ccccc5c4c23)OC1(C)C.Clc1cccc2c1oc1ccc3ccc4ccccc4c3c12.[2H]C([2H])([2H])c1cnc(Cl)cc1C([2H])([2H])C(C)(C)C.[2H]C([2H])(c1cc(-c2cccc3c2oc2ccc4ccc5ccccc5c4c23)ncc1C)C(C)(C)C. The van der Waals surface area contributed by atoms with E-state index >= 15 is 0 Å². The molecule has 0 bridgehead atoms. The summed E-state index contributed by atoms with van der Waals surface area (Å²) in [6.45, 7) is 43.3. The Bertz CT molecular complexity index is 8980. The van der Waals surface area contributed by atoms with Crippen LogP contribution in [0, 0.1) is 24.6 Å². The fraction of sp³-hybridized carbons (Fsp3) is 0.308. The van der Waals surface area contributed by atoms with Gasteiger partial charge < -0.3 is 54.9 Å². The maximum absolute atomic E-state index is 8.85. The quantitative estimate of drug-likeness (QED) is 0.0881. The Morgan fingerprint density at radius 1 is 0.287 bits per heavy atom. The van der Waals surface area contributed by atoms with E-state index in [1.807, 2.05) is 138 Å². The Balaban J connectivity index is 0.000000129. The fourth-order valence-electron chi connectivity index (χ4n) is 20.2. The number of furan rings is 4. The second kappa shape index (κ2) is 40.3. The van der Waals surface area contributed by atoms with Gasteiger partial charge in [-0.25, -0.2) is 4.98 Å². The Morgan fingerprint density at radius 3 is 0.907 bits per heavy atom. The number of halogens is 2. The smallest absolute Gasteiger partial charge is 0.456 e. The minimum atomic E-state index is -2.41. The molecule has 6 aromatic heterocycles. The highest BCUT2D eigenvalue weighted by atomic mass is 35.5. The predicted molar refractivity (Wildman–Crippen MR) is 639 cm³/mol. The van der Waals surface area contributed by atoms with Crippen LogP contribution in [0.2, 0.25) is 10.2 Å². The minimum absolute atomic E-state index is 0. The summed E-state index contributed by atoms with van der Waals surface area (Å²) in [7, 11) is -1.86. The van der Waals surface area contributed by atoms with Gasteiger partial charge in [0, 0.05) is 103 Å². The monoisotopic (exact) mass is 2040 g/mol. The molecule has 4 saturated heterocycles. The lowest BCUT2D eigenvalue weighted by molar-refractivity contribution is 0.00578. The molecule has 20 heteroatoms. The van der Waals surface area contributed by atoms with E-state index in [1.165, 1.54) is 92.2 Å². The molecule has 14 nitrogen and oxygen atoms in total. The van der Waals surface area contributed by atoms with Gasteiger partial charge in [-0.1, -0.05) is 325 Å². The van der Waals surface area contributed by atoms with Gasteiger partial charge in [0.2, 0.25) is 0 Å². The van der Waals surface area contributed by atoms with E-state index in [0.29, 0.717) is 10.6 Å². The molecule has 0 aliphatic carbocycles. The van der Waals surface area contributed by atoms with Crippen LogP contribution in [0.25, 0.3) is 185 Å². The molecule has 4 aliphatic heterocycles. The van der Waals surface area contributed by atoms with Gasteiger partial charge >= 0.3 is 28.3 Å². The number of benzene rings is 16. The molecule has 768 valence electrons. The van der Waals surface area contributed by atoms with Crippen molar-refractivity contribution in [3.63, 3.8) is 0 Å². The van der Waals surface area contributed by atoms with Crippen LogP contribution < -0.4 is 10.9 Å². The van der Waals surface area contributed by atoms with Crippen molar-refractivity contribution in [3.05, 3.63) is 324 Å². The average molecular weight is 2040 g/mol. The number of fused-ring (bicyclic) bond motifs is 28. The van der Waals surface area contributed by atoms with Crippen LogP contribution in [0.4, 0.5) is 0 Å². The molecular weight excluding hydrogens is 1900 g/mol. The van der Waals surface area contributed by atoms with Gasteiger partial charge in [0.05, 0.1) is 55.5 Å². The molecule has 0 amide bonds. The van der Waals surface area contributed by atoms with Gasteiger partial charge in [0.25, 0.3) is 0 Å². The van der Waals surface area contributed by atoms with Crippen molar-refractivity contribution in [3.8, 4) is 11.3 Å². The first-order valence-electron chi connectivity index (χ1n) is 53.7. The van der Waals surface area contributed by atoms with Gasteiger partial charge in [-0.05, 0) is 284 Å². The standard InChI is InChI=1S/C31H27NO.2C26H23BO3.C20H11ClO.C12H24B2O4.C11H16ClN.4CH4/c1-19-18-32-26(16-22(19)17-31(2,3)4)24-10-7-11-25-29-27(33-30(24)25)15-14-21-13-12-20-8-5-6-9-23(20)28(21)29;2*1-25(2)26(3,4)30-27(29-25)20-11-7-10-19-23-21(28-24(19)20)15-14-17-13-12-16-8-5-6-9-18(16)22(17)23;21-16-7-3-6-15-19-17(22-20(15)16)11-10-13-9-8-12-4-1-2-5-14(12)18(13)19;1-9(2)10(3,4)16-13(15-9)14-17-11(5,6)12(7,8)18-14;1-8-7-13-10(12)5-9(8)6-11(2,3)4;;;;/h5-16,18H,17H2,1-4H3;2*5-15H,1-4H3;1-11H;1-8H3;5,7H,6H2,1-4H3;4*1H4/i17D2;;;;;1D3,6D2;;;;. The summed E-state index contributed by atoms with van der Waals surface area (Å²) < 4.78 is 131. The first-order chi connectivity index (χ1) is 72.0. The highest BCUT2D eigenvalue weighted by molar-refractivity contribution is 7.11. The van der Waals surface area contributed by atoms with Crippen molar-refractivity contribution in [1.82, 2.24) is 9.97 Å². The second-order valence-corrected chi connectivity index (χ2v) is 45.9. The Hall–Kier alpha value is -12.4. The van der Waals surface area contributed by atoms with Crippen molar-refractivity contribution in [1.29, 1.82) is 0 Å². The van der Waals surface area contributed by atoms with Crippen molar-refractivity contribution in [2.24, 2.45) is 10.8 Å². The summed E-state index contributed by atoms with van der Waals surface area (Å²) in [5, 5.41) is 29.1. The van der Waals surface area contributed by atoms with Gasteiger partial charge in [-0.2, -0.15) is 0 Å². The van der Waals surface area contributed by atoms with E-state index < -0.39 is 81.1 Å². The molecule has 4 fully saturated rings. The highest BCUT2D eigenvalue weighted by Gasteiger charge is 2.64. The normalized spacial score (nSPS) is 17.6. The Labute approximate surface area is 904 Å². The Morgan fingerprint density at radius 2 is 0.560 bits per heavy atom. The van der Waals surface area contributed by atoms with E-state index in [1.54, 1.807) is 27.0 Å². The molecule has 4 aliphatic rings. The molecule has 0 unspecified atom stereocenters. The zero-order chi connectivity index (χ0) is 109. The van der Waals surface area contributed by atoms with Crippen molar-refractivity contribution < 1.29 is 64.5 Å². The van der Waals surface area contributed by atoms with Gasteiger partial charge in [-0.3, -0.25) is 4.98 Å². The van der Waals surface area contributed by atoms with E-state index in [4.69, 9.17) is 92.7 Å². The lowest BCUT2D eigenvalue weighted by Crippen LogP contribution is -2.41. The molecule has 150 heavy (non-hydrogen) atoms. The summed E-state index contributed by atoms with van der Waals surface area (Å²) >= 11 is 12.1. The molecule has 0 saturated carbocycles.